The fourth-order valence-corrected chi connectivity index (χ4v) is 7.08. The second-order valence-corrected chi connectivity index (χ2v) is 14.6. The molecule has 2 fully saturated rings. The zero-order valence-electron chi connectivity index (χ0n) is 30.0. The molecule has 3 aliphatic rings. The number of benzene rings is 2. The Hall–Kier alpha value is -5.13. The highest BCUT2D eigenvalue weighted by atomic mass is 16.6. The number of allylic oxidation sites excluding steroid dienone is 1. The molecule has 0 saturated carbocycles. The number of aromatic nitrogens is 2. The van der Waals surface area contributed by atoms with E-state index in [1.165, 1.54) is 22.4 Å². The number of ether oxygens (including phenoxy) is 2. The first kappa shape index (κ1) is 35.7. The molecule has 1 aliphatic carbocycles. The third-order valence-electron chi connectivity index (χ3n) is 9.91. The monoisotopic (exact) mass is 696 g/mol. The quantitative estimate of drug-likeness (QED) is 0.320. The lowest BCUT2D eigenvalue weighted by atomic mass is 9.88. The molecule has 51 heavy (non-hydrogen) atoms. The molecule has 1 aromatic heterocycles. The maximum atomic E-state index is 14.7. The van der Waals surface area contributed by atoms with Crippen LogP contribution in [0.25, 0.3) is 6.08 Å². The molecule has 270 valence electrons. The Bertz CT molecular complexity index is 1750. The molecule has 0 radical (unpaired) electrons. The number of hydrogen-bond donors (Lipinski definition) is 2. The van der Waals surface area contributed by atoms with Crippen molar-refractivity contribution in [1.82, 2.24) is 30.0 Å². The summed E-state index contributed by atoms with van der Waals surface area (Å²) in [6.07, 6.45) is 5.72. The van der Waals surface area contributed by atoms with Crippen LogP contribution in [0.4, 0.5) is 9.59 Å². The first-order valence-corrected chi connectivity index (χ1v) is 17.7. The number of nitrogens with zero attached hydrogens (tertiary/aromatic N) is 4. The largest absolute Gasteiger partial charge is 0.445 e. The van der Waals surface area contributed by atoms with Gasteiger partial charge in [0.15, 0.2) is 0 Å². The topological polar surface area (TPSA) is 137 Å². The number of fused-ring (bicyclic) bond motifs is 2. The van der Waals surface area contributed by atoms with Gasteiger partial charge in [-0.25, -0.2) is 14.6 Å². The number of rotatable bonds is 7. The Labute approximate surface area is 299 Å². The van der Waals surface area contributed by atoms with Gasteiger partial charge in [0, 0.05) is 25.6 Å². The smallest absolute Gasteiger partial charge is 0.410 e. The van der Waals surface area contributed by atoms with Crippen LogP contribution in [0.1, 0.15) is 93.7 Å². The van der Waals surface area contributed by atoms with E-state index >= 15 is 0 Å². The van der Waals surface area contributed by atoms with Gasteiger partial charge in [0.25, 0.3) is 0 Å². The summed E-state index contributed by atoms with van der Waals surface area (Å²) in [5.41, 5.74) is 3.17. The molecule has 3 heterocycles. The summed E-state index contributed by atoms with van der Waals surface area (Å²) in [7, 11) is 1.48. The van der Waals surface area contributed by atoms with Crippen LogP contribution in [-0.4, -0.2) is 92.5 Å². The van der Waals surface area contributed by atoms with Crippen molar-refractivity contribution in [2.24, 2.45) is 0 Å². The van der Waals surface area contributed by atoms with Crippen LogP contribution >= 0.6 is 0 Å². The van der Waals surface area contributed by atoms with Gasteiger partial charge in [-0.15, -0.1) is 0 Å². The lowest BCUT2D eigenvalue weighted by molar-refractivity contribution is -0.141. The van der Waals surface area contributed by atoms with E-state index in [9.17, 15) is 19.2 Å². The number of carbonyl (C=O) groups is 4. The average Bonchev–Trinajstić information content (AvgIpc) is 3.74. The highest BCUT2D eigenvalue weighted by molar-refractivity contribution is 5.92. The summed E-state index contributed by atoms with van der Waals surface area (Å²) < 4.78 is 11.1. The van der Waals surface area contributed by atoms with Crippen LogP contribution in [0, 0.1) is 0 Å². The van der Waals surface area contributed by atoms with E-state index in [-0.39, 0.29) is 37.1 Å². The lowest BCUT2D eigenvalue weighted by Crippen LogP contribution is -2.60. The molecule has 0 spiro atoms. The molecule has 6 rings (SSSR count). The number of likely N-dealkylation sites (N-methyl/N-ethyl adjacent to an activating group) is 1. The van der Waals surface area contributed by atoms with Crippen LogP contribution < -0.4 is 5.32 Å². The van der Waals surface area contributed by atoms with E-state index in [2.05, 4.69) is 28.5 Å². The van der Waals surface area contributed by atoms with E-state index in [0.29, 0.717) is 31.6 Å². The van der Waals surface area contributed by atoms with Gasteiger partial charge in [-0.2, -0.15) is 0 Å². The minimum atomic E-state index is -1.10. The molecule has 2 N–H and O–H groups in total. The zero-order valence-corrected chi connectivity index (χ0v) is 30.0. The summed E-state index contributed by atoms with van der Waals surface area (Å²) in [6.45, 7) is 7.14. The van der Waals surface area contributed by atoms with Crippen molar-refractivity contribution >= 4 is 30.1 Å². The summed E-state index contributed by atoms with van der Waals surface area (Å²) in [6, 6.07) is 17.1. The van der Waals surface area contributed by atoms with E-state index in [1.807, 2.05) is 59.5 Å². The summed E-state index contributed by atoms with van der Waals surface area (Å²) in [5, 5.41) is 2.88. The van der Waals surface area contributed by atoms with Gasteiger partial charge in [0.1, 0.15) is 30.1 Å². The molecular formula is C39H48N6O6. The van der Waals surface area contributed by atoms with Crippen molar-refractivity contribution in [2.75, 3.05) is 20.1 Å². The number of aromatic amines is 1. The van der Waals surface area contributed by atoms with E-state index < -0.39 is 35.8 Å². The molecule has 2 saturated heterocycles. The van der Waals surface area contributed by atoms with Gasteiger partial charge in [0.2, 0.25) is 11.8 Å². The zero-order chi connectivity index (χ0) is 36.3. The molecule has 12 heteroatoms. The standard InChI is InChI=1S/C39H48N6O6/c1-25(43(5)37(48)51-39(2,3)4)35(46)41-31-23-44(38(49)50-24-26-13-8-6-9-14-26)22-21-28-19-20-32(45(28)36(31)47)34-40-30-18-12-17-29(33(30)42-34)27-15-10-7-11-16-27/h6-16,18,25,28-29,31-32H,17,19-24H2,1-5H3,(H,40,42)(H,41,46)/t25-,28+,29?,31-,32-/m0/s1. The average molecular weight is 697 g/mol. The first-order chi connectivity index (χ1) is 24.4. The highest BCUT2D eigenvalue weighted by Crippen LogP contribution is 2.41. The van der Waals surface area contributed by atoms with Crippen LogP contribution in [0.2, 0.25) is 0 Å². The van der Waals surface area contributed by atoms with Crippen molar-refractivity contribution in [3.05, 3.63) is 95.1 Å². The second kappa shape index (κ2) is 15.0. The second-order valence-electron chi connectivity index (χ2n) is 14.6. The van der Waals surface area contributed by atoms with Gasteiger partial charge in [-0.3, -0.25) is 14.5 Å². The Morgan fingerprint density at radius 1 is 1.04 bits per heavy atom. The molecule has 2 aliphatic heterocycles. The highest BCUT2D eigenvalue weighted by Gasteiger charge is 2.45. The number of imidazole rings is 1. The Morgan fingerprint density at radius 2 is 1.75 bits per heavy atom. The summed E-state index contributed by atoms with van der Waals surface area (Å²) >= 11 is 0. The van der Waals surface area contributed by atoms with Crippen molar-refractivity contribution in [3.63, 3.8) is 0 Å². The number of nitrogens with one attached hydrogen (secondary N) is 2. The van der Waals surface area contributed by atoms with E-state index in [1.54, 1.807) is 27.7 Å². The number of carbonyl (C=O) groups excluding carboxylic acids is 4. The summed E-state index contributed by atoms with van der Waals surface area (Å²) in [5.74, 6) is -0.0192. The van der Waals surface area contributed by atoms with Crippen LogP contribution in [0.15, 0.2) is 66.7 Å². The van der Waals surface area contributed by atoms with Gasteiger partial charge in [-0.1, -0.05) is 66.7 Å². The maximum absolute atomic E-state index is 14.7. The van der Waals surface area contributed by atoms with Crippen molar-refractivity contribution in [2.45, 2.75) is 95.7 Å². The molecule has 2 aromatic carbocycles. The minimum Gasteiger partial charge on any atom is -0.445 e. The van der Waals surface area contributed by atoms with Crippen molar-refractivity contribution in [3.8, 4) is 0 Å². The molecule has 12 nitrogen and oxygen atoms in total. The predicted octanol–water partition coefficient (Wildman–Crippen LogP) is 5.77. The lowest BCUT2D eigenvalue weighted by Gasteiger charge is -2.39. The van der Waals surface area contributed by atoms with Crippen molar-refractivity contribution < 1.29 is 28.7 Å². The Morgan fingerprint density at radius 3 is 2.45 bits per heavy atom. The van der Waals surface area contributed by atoms with Crippen LogP contribution in [0.5, 0.6) is 0 Å². The molecular weight excluding hydrogens is 648 g/mol. The molecule has 3 aromatic rings. The third-order valence-corrected chi connectivity index (χ3v) is 9.91. The SMILES string of the molecule is C[C@@H](C(=O)N[C@H]1CN(C(=O)OCc2ccccc2)CC[C@H]2CC[C@@H](c3nc4c([nH]3)C(c3ccccc3)CC=C4)N2C1=O)N(C)C(=O)OC(C)(C)C. The van der Waals surface area contributed by atoms with E-state index in [4.69, 9.17) is 14.5 Å². The minimum absolute atomic E-state index is 0.0814. The Kier molecular flexibility index (Phi) is 10.5. The summed E-state index contributed by atoms with van der Waals surface area (Å²) in [4.78, 5) is 67.8. The van der Waals surface area contributed by atoms with Gasteiger partial charge < -0.3 is 29.6 Å². The molecule has 1 unspecified atom stereocenters. The molecule has 5 atom stereocenters. The fourth-order valence-electron chi connectivity index (χ4n) is 7.08. The van der Waals surface area contributed by atoms with Crippen molar-refractivity contribution in [1.29, 1.82) is 0 Å². The Balaban J connectivity index is 1.25. The van der Waals surface area contributed by atoms with Crippen LogP contribution in [0.3, 0.4) is 0 Å². The van der Waals surface area contributed by atoms with Crippen LogP contribution in [-0.2, 0) is 25.7 Å². The molecule has 0 bridgehead atoms. The normalized spacial score (nSPS) is 22.3. The van der Waals surface area contributed by atoms with E-state index in [0.717, 1.165) is 23.4 Å². The number of hydrogen-bond acceptors (Lipinski definition) is 7. The maximum Gasteiger partial charge on any atom is 0.410 e. The van der Waals surface area contributed by atoms with Gasteiger partial charge in [0.05, 0.1) is 24.0 Å². The third kappa shape index (κ3) is 8.10. The van der Waals surface area contributed by atoms with Gasteiger partial charge >= 0.3 is 12.2 Å². The first-order valence-electron chi connectivity index (χ1n) is 17.7. The number of amides is 4. The van der Waals surface area contributed by atoms with Gasteiger partial charge in [-0.05, 0) is 70.6 Å². The number of H-pyrrole nitrogens is 1. The fraction of sp³-hybridized carbons (Fsp3) is 0.462. The predicted molar refractivity (Wildman–Crippen MR) is 191 cm³/mol. The molecule has 4 amide bonds.